The molecule has 7 aromatic carbocycles. The normalized spacial score (nSPS) is 15.0. The zero-order chi connectivity index (χ0) is 41.9. The van der Waals surface area contributed by atoms with Crippen molar-refractivity contribution in [2.24, 2.45) is 0 Å². The molecule has 1 aliphatic carbocycles. The summed E-state index contributed by atoms with van der Waals surface area (Å²) in [6, 6.07) is 49.9. The molecular formula is C56H49BN2O2. The Morgan fingerprint density at radius 3 is 1.79 bits per heavy atom. The third-order valence-corrected chi connectivity index (χ3v) is 14.0. The molecule has 4 heterocycles. The average Bonchev–Trinajstić information content (AvgIpc) is 3.87. The molecule has 0 saturated carbocycles. The number of anilines is 6. The zero-order valence-corrected chi connectivity index (χ0v) is 36.5. The molecule has 12 rings (SSSR count). The first-order chi connectivity index (χ1) is 29.2. The molecule has 3 aliphatic rings. The Labute approximate surface area is 358 Å². The number of nitrogens with zero attached hydrogens (tertiary/aromatic N) is 2. The van der Waals surface area contributed by atoms with Crippen molar-refractivity contribution in [2.75, 3.05) is 9.80 Å². The lowest BCUT2D eigenvalue weighted by Crippen LogP contribution is -2.61. The number of furan rings is 2. The molecule has 2 aliphatic heterocycles. The highest BCUT2D eigenvalue weighted by atomic mass is 16.3. The van der Waals surface area contributed by atoms with E-state index in [1.165, 1.54) is 55.6 Å². The molecule has 2 aromatic heterocycles. The van der Waals surface area contributed by atoms with Crippen molar-refractivity contribution in [1.82, 2.24) is 0 Å². The van der Waals surface area contributed by atoms with Gasteiger partial charge in [-0.3, -0.25) is 0 Å². The van der Waals surface area contributed by atoms with Gasteiger partial charge in [0, 0.05) is 38.9 Å². The van der Waals surface area contributed by atoms with Gasteiger partial charge in [0.25, 0.3) is 6.71 Å². The fourth-order valence-corrected chi connectivity index (χ4v) is 10.9. The van der Waals surface area contributed by atoms with Crippen molar-refractivity contribution in [3.63, 3.8) is 0 Å². The second-order valence-electron chi connectivity index (χ2n) is 20.3. The fourth-order valence-electron chi connectivity index (χ4n) is 10.9. The number of rotatable bonds is 2. The second kappa shape index (κ2) is 12.1. The molecular weight excluding hydrogens is 743 g/mol. The van der Waals surface area contributed by atoms with Crippen molar-refractivity contribution in [2.45, 2.75) is 78.6 Å². The van der Waals surface area contributed by atoms with E-state index >= 15 is 0 Å². The van der Waals surface area contributed by atoms with E-state index in [-0.39, 0.29) is 23.0 Å². The number of benzene rings is 7. The number of fused-ring (bicyclic) bond motifs is 13. The Morgan fingerprint density at radius 2 is 1.13 bits per heavy atom. The first-order valence-corrected chi connectivity index (χ1v) is 21.8. The molecule has 0 fully saturated rings. The van der Waals surface area contributed by atoms with Crippen LogP contribution in [0.3, 0.4) is 0 Å². The maximum Gasteiger partial charge on any atom is 0.297 e. The zero-order valence-electron chi connectivity index (χ0n) is 36.5. The summed E-state index contributed by atoms with van der Waals surface area (Å²) in [5.41, 5.74) is 21.9. The van der Waals surface area contributed by atoms with Crippen molar-refractivity contribution >= 4 is 90.3 Å². The van der Waals surface area contributed by atoms with Gasteiger partial charge in [-0.25, -0.2) is 0 Å². The van der Waals surface area contributed by atoms with Crippen LogP contribution in [0.15, 0.2) is 142 Å². The van der Waals surface area contributed by atoms with E-state index in [2.05, 4.69) is 206 Å². The van der Waals surface area contributed by atoms with Gasteiger partial charge in [0.15, 0.2) is 0 Å². The molecule has 61 heavy (non-hydrogen) atoms. The molecule has 0 amide bonds. The van der Waals surface area contributed by atoms with Gasteiger partial charge in [-0.1, -0.05) is 128 Å². The van der Waals surface area contributed by atoms with E-state index in [1.807, 2.05) is 0 Å². The van der Waals surface area contributed by atoms with Crippen LogP contribution in [0.1, 0.15) is 83.2 Å². The van der Waals surface area contributed by atoms with E-state index in [1.54, 1.807) is 0 Å². The van der Waals surface area contributed by atoms with E-state index in [0.29, 0.717) is 0 Å². The SMILES string of the molecule is Cc1cc2c3c(c1)N(c1ccc(C(C)(C)C)cc1)c1c(ccc4oc5ccccc5c14)B3c1oc3cc4c(cc3c1N2c1ccc(C(C)(C)C)cc1)-c1ccccc1C4(C)C. The largest absolute Gasteiger partial charge is 0.468 e. The van der Waals surface area contributed by atoms with Crippen LogP contribution in [0.5, 0.6) is 0 Å². The smallest absolute Gasteiger partial charge is 0.297 e. The fraction of sp³-hybridized carbons (Fsp3) is 0.214. The van der Waals surface area contributed by atoms with E-state index in [9.17, 15) is 0 Å². The Hall–Kier alpha value is -6.46. The quantitative estimate of drug-likeness (QED) is 0.163. The minimum atomic E-state index is -0.175. The predicted octanol–water partition coefficient (Wildman–Crippen LogP) is 13.6. The van der Waals surface area contributed by atoms with Crippen molar-refractivity contribution in [1.29, 1.82) is 0 Å². The summed E-state index contributed by atoms with van der Waals surface area (Å²) in [6.07, 6.45) is 0. The lowest BCUT2D eigenvalue weighted by molar-refractivity contribution is 0.590. The van der Waals surface area contributed by atoms with Crippen LogP contribution in [0.2, 0.25) is 0 Å². The number of hydrogen-bond donors (Lipinski definition) is 0. The highest BCUT2D eigenvalue weighted by Gasteiger charge is 2.48. The summed E-state index contributed by atoms with van der Waals surface area (Å²) in [5, 5.41) is 3.36. The molecule has 298 valence electrons. The van der Waals surface area contributed by atoms with Crippen molar-refractivity contribution in [3.8, 4) is 11.1 Å². The van der Waals surface area contributed by atoms with Gasteiger partial charge < -0.3 is 18.6 Å². The lowest BCUT2D eigenvalue weighted by Gasteiger charge is -2.43. The first-order valence-electron chi connectivity index (χ1n) is 21.8. The number of aryl methyl sites for hydroxylation is 1. The molecule has 0 N–H and O–H groups in total. The van der Waals surface area contributed by atoms with Crippen molar-refractivity contribution < 1.29 is 8.83 Å². The Kier molecular flexibility index (Phi) is 7.22. The molecule has 0 radical (unpaired) electrons. The molecule has 9 aromatic rings. The van der Waals surface area contributed by atoms with Crippen LogP contribution in [0.4, 0.5) is 34.1 Å². The molecule has 4 nitrogen and oxygen atoms in total. The summed E-state index contributed by atoms with van der Waals surface area (Å²) in [5.74, 6) is 0. The lowest BCUT2D eigenvalue weighted by atomic mass is 9.35. The first kappa shape index (κ1) is 36.4. The maximum absolute atomic E-state index is 7.47. The second-order valence-corrected chi connectivity index (χ2v) is 20.3. The third kappa shape index (κ3) is 5.01. The van der Waals surface area contributed by atoms with Crippen LogP contribution in [-0.4, -0.2) is 6.71 Å². The molecule has 0 bridgehead atoms. The molecule has 5 heteroatoms. The summed E-state index contributed by atoms with van der Waals surface area (Å²) in [7, 11) is 0. The molecule has 0 spiro atoms. The summed E-state index contributed by atoms with van der Waals surface area (Å²) >= 11 is 0. The van der Waals surface area contributed by atoms with Gasteiger partial charge in [0.2, 0.25) is 0 Å². The van der Waals surface area contributed by atoms with Gasteiger partial charge in [0.05, 0.1) is 22.4 Å². The van der Waals surface area contributed by atoms with Gasteiger partial charge in [-0.15, -0.1) is 0 Å². The Bertz CT molecular complexity index is 3320. The van der Waals surface area contributed by atoms with Crippen LogP contribution in [-0.2, 0) is 16.2 Å². The number of para-hydroxylation sites is 1. The maximum atomic E-state index is 7.47. The predicted molar refractivity (Wildman–Crippen MR) is 257 cm³/mol. The Morgan fingerprint density at radius 1 is 0.525 bits per heavy atom. The average molecular weight is 793 g/mol. The highest BCUT2D eigenvalue weighted by Crippen LogP contribution is 2.54. The third-order valence-electron chi connectivity index (χ3n) is 14.0. The highest BCUT2D eigenvalue weighted by molar-refractivity contribution is 7.00. The topological polar surface area (TPSA) is 32.8 Å². The van der Waals surface area contributed by atoms with Crippen LogP contribution in [0, 0.1) is 6.92 Å². The molecule has 0 atom stereocenters. The van der Waals surface area contributed by atoms with E-state index in [0.717, 1.165) is 67.0 Å². The minimum Gasteiger partial charge on any atom is -0.468 e. The minimum absolute atomic E-state index is 0.0254. The van der Waals surface area contributed by atoms with Crippen LogP contribution >= 0.6 is 0 Å². The Balaban J connectivity index is 1.21. The molecule has 0 saturated heterocycles. The van der Waals surface area contributed by atoms with Gasteiger partial charge >= 0.3 is 0 Å². The van der Waals surface area contributed by atoms with E-state index in [4.69, 9.17) is 8.83 Å². The number of hydrogen-bond acceptors (Lipinski definition) is 4. The standard InChI is InChI=1S/C56H49BN2O2/c1-32-28-44-50-45(29-32)59(36-24-20-34(21-25-36)55(5,6)7)52-43(26-27-47-49(52)38-15-11-13-17-46(38)60-47)57(50)53-51(58(44)35-22-18-33(19-23-35)54(2,3)4)40-30-39-37-14-10-12-16-41(37)56(8,9)42(39)31-48(40)61-53/h10-31H,1-9H3. The van der Waals surface area contributed by atoms with Gasteiger partial charge in [-0.2, -0.15) is 0 Å². The summed E-state index contributed by atoms with van der Waals surface area (Å²) in [4.78, 5) is 5.02. The van der Waals surface area contributed by atoms with Gasteiger partial charge in [0.1, 0.15) is 16.7 Å². The van der Waals surface area contributed by atoms with Crippen molar-refractivity contribution in [3.05, 3.63) is 161 Å². The van der Waals surface area contributed by atoms with Crippen LogP contribution in [0.25, 0.3) is 44.0 Å². The molecule has 0 unspecified atom stereocenters. The van der Waals surface area contributed by atoms with Gasteiger partial charge in [-0.05, 0) is 128 Å². The monoisotopic (exact) mass is 792 g/mol. The van der Waals surface area contributed by atoms with E-state index < -0.39 is 0 Å². The summed E-state index contributed by atoms with van der Waals surface area (Å²) in [6.45, 7) is 20.5. The summed E-state index contributed by atoms with van der Waals surface area (Å²) < 4.78 is 14.1. The van der Waals surface area contributed by atoms with Crippen LogP contribution < -0.4 is 26.4 Å².